The first-order valence-corrected chi connectivity index (χ1v) is 9.00. The van der Waals surface area contributed by atoms with Gasteiger partial charge in [-0.1, -0.05) is 11.6 Å². The average Bonchev–Trinajstić information content (AvgIpc) is 2.21. The second-order valence-corrected chi connectivity index (χ2v) is 8.49. The first-order valence-electron chi connectivity index (χ1n) is 5.26. The van der Waals surface area contributed by atoms with Gasteiger partial charge < -0.3 is 19.6 Å². The van der Waals surface area contributed by atoms with E-state index in [4.69, 9.17) is 31.2 Å². The molecule has 0 aliphatic heterocycles. The molecular weight excluding hydrogens is 333 g/mol. The van der Waals surface area contributed by atoms with Gasteiger partial charge in [-0.3, -0.25) is 18.5 Å². The minimum atomic E-state index is -4.98. The summed E-state index contributed by atoms with van der Waals surface area (Å²) in [7, 11) is -8.60. The fourth-order valence-corrected chi connectivity index (χ4v) is 4.26. The van der Waals surface area contributed by atoms with E-state index in [0.29, 0.717) is 0 Å². The van der Waals surface area contributed by atoms with Crippen molar-refractivity contribution in [2.45, 2.75) is 18.2 Å². The standard InChI is InChI=1S/C8H13ClN2O7P2/c1-11-6(10-5(9)4-7(11)12)2-3-8(19(13,14)15)20(16,17)18/h4,8H,2-3H2,1H3,(H2,13,14,15)(H2,16,17,18). The average molecular weight is 347 g/mol. The summed E-state index contributed by atoms with van der Waals surface area (Å²) in [5.74, 6) is 0.0781. The van der Waals surface area contributed by atoms with E-state index in [1.165, 1.54) is 7.05 Å². The van der Waals surface area contributed by atoms with E-state index < -0.39 is 32.6 Å². The van der Waals surface area contributed by atoms with E-state index in [1.54, 1.807) is 0 Å². The molecule has 0 saturated heterocycles. The van der Waals surface area contributed by atoms with Gasteiger partial charge >= 0.3 is 15.2 Å². The molecule has 1 aromatic rings. The Balaban J connectivity index is 3.04. The van der Waals surface area contributed by atoms with Crippen LogP contribution in [0.4, 0.5) is 0 Å². The third kappa shape index (κ3) is 4.49. The molecule has 0 unspecified atom stereocenters. The highest BCUT2D eigenvalue weighted by atomic mass is 35.5. The lowest BCUT2D eigenvalue weighted by Crippen LogP contribution is -2.22. The van der Waals surface area contributed by atoms with Crippen LogP contribution in [0.1, 0.15) is 12.2 Å². The summed E-state index contributed by atoms with van der Waals surface area (Å²) < 4.78 is 23.3. The van der Waals surface area contributed by atoms with Crippen LogP contribution in [0.15, 0.2) is 10.9 Å². The fourth-order valence-electron chi connectivity index (χ4n) is 1.57. The lowest BCUT2D eigenvalue weighted by atomic mass is 10.3. The van der Waals surface area contributed by atoms with Gasteiger partial charge in [0.2, 0.25) is 0 Å². The zero-order valence-electron chi connectivity index (χ0n) is 10.2. The molecule has 0 amide bonds. The summed E-state index contributed by atoms with van der Waals surface area (Å²) in [4.78, 5) is 51.1. The Labute approximate surface area is 118 Å². The Bertz CT molecular complexity index is 627. The van der Waals surface area contributed by atoms with Crippen LogP contribution in [-0.4, -0.2) is 34.5 Å². The fraction of sp³-hybridized carbons (Fsp3) is 0.500. The number of hydrogen-bond acceptors (Lipinski definition) is 4. The van der Waals surface area contributed by atoms with Gasteiger partial charge in [-0.2, -0.15) is 0 Å². The Morgan fingerprint density at radius 3 is 2.25 bits per heavy atom. The minimum Gasteiger partial charge on any atom is -0.324 e. The molecule has 1 aromatic heterocycles. The van der Waals surface area contributed by atoms with Gasteiger partial charge in [-0.15, -0.1) is 0 Å². The molecule has 0 atom stereocenters. The molecule has 0 spiro atoms. The largest absolute Gasteiger partial charge is 0.340 e. The van der Waals surface area contributed by atoms with E-state index in [9.17, 15) is 13.9 Å². The van der Waals surface area contributed by atoms with E-state index in [0.717, 1.165) is 10.6 Å². The van der Waals surface area contributed by atoms with Gasteiger partial charge in [-0.05, 0) is 6.42 Å². The molecule has 20 heavy (non-hydrogen) atoms. The Hall–Kier alpha value is -0.530. The molecule has 0 radical (unpaired) electrons. The van der Waals surface area contributed by atoms with Crippen LogP contribution in [0.3, 0.4) is 0 Å². The maximum Gasteiger partial charge on any atom is 0.340 e. The SMILES string of the molecule is Cn1c(CCC(P(=O)(O)O)P(=O)(O)O)nc(Cl)cc1=O. The van der Waals surface area contributed by atoms with Crippen LogP contribution < -0.4 is 5.56 Å². The van der Waals surface area contributed by atoms with Crippen molar-refractivity contribution in [1.29, 1.82) is 0 Å². The molecule has 1 rings (SSSR count). The van der Waals surface area contributed by atoms with Gasteiger partial charge in [0.05, 0.1) is 0 Å². The maximum atomic E-state index is 11.4. The molecule has 1 heterocycles. The van der Waals surface area contributed by atoms with Gasteiger partial charge in [-0.25, -0.2) is 4.98 Å². The predicted molar refractivity (Wildman–Crippen MR) is 70.7 cm³/mol. The molecule has 9 nitrogen and oxygen atoms in total. The second kappa shape index (κ2) is 6.07. The zero-order chi connectivity index (χ0) is 15.7. The molecule has 0 aliphatic rings. The number of rotatable bonds is 5. The van der Waals surface area contributed by atoms with Crippen LogP contribution >= 0.6 is 26.8 Å². The number of hydrogen-bond donors (Lipinski definition) is 4. The number of halogens is 1. The van der Waals surface area contributed by atoms with Crippen molar-refractivity contribution in [2.24, 2.45) is 7.05 Å². The Morgan fingerprint density at radius 2 is 1.80 bits per heavy atom. The summed E-state index contributed by atoms with van der Waals surface area (Å²) in [6, 6.07) is 1.05. The molecule has 0 saturated carbocycles. The number of nitrogens with zero attached hydrogens (tertiary/aromatic N) is 2. The second-order valence-electron chi connectivity index (χ2n) is 4.09. The molecule has 0 aliphatic carbocycles. The van der Waals surface area contributed by atoms with Crippen LogP contribution in [0.5, 0.6) is 0 Å². The maximum absolute atomic E-state index is 11.4. The van der Waals surface area contributed by atoms with Crippen molar-refractivity contribution in [2.75, 3.05) is 0 Å². The van der Waals surface area contributed by atoms with Crippen LogP contribution in [0.2, 0.25) is 5.15 Å². The van der Waals surface area contributed by atoms with Crippen molar-refractivity contribution < 1.29 is 28.7 Å². The van der Waals surface area contributed by atoms with Crippen LogP contribution in [-0.2, 0) is 22.6 Å². The van der Waals surface area contributed by atoms with E-state index in [-0.39, 0.29) is 17.4 Å². The summed E-state index contributed by atoms with van der Waals surface area (Å²) in [5.41, 5.74) is -0.482. The monoisotopic (exact) mass is 346 g/mol. The highest BCUT2D eigenvalue weighted by Crippen LogP contribution is 2.61. The van der Waals surface area contributed by atoms with Gasteiger partial charge in [0, 0.05) is 19.5 Å². The van der Waals surface area contributed by atoms with Crippen molar-refractivity contribution in [3.63, 3.8) is 0 Å². The number of aromatic nitrogens is 2. The quantitative estimate of drug-likeness (QED) is 0.431. The zero-order valence-corrected chi connectivity index (χ0v) is 12.8. The van der Waals surface area contributed by atoms with Crippen molar-refractivity contribution in [1.82, 2.24) is 9.55 Å². The third-order valence-corrected chi connectivity index (χ3v) is 6.67. The normalized spacial score (nSPS) is 12.9. The minimum absolute atomic E-state index is 0.0781. The molecular formula is C8H13ClN2O7P2. The van der Waals surface area contributed by atoms with E-state index >= 15 is 0 Å². The lowest BCUT2D eigenvalue weighted by molar-refractivity contribution is 0.335. The van der Waals surface area contributed by atoms with Crippen molar-refractivity contribution in [3.8, 4) is 0 Å². The first kappa shape index (κ1) is 17.5. The smallest absolute Gasteiger partial charge is 0.324 e. The van der Waals surface area contributed by atoms with Crippen LogP contribution in [0.25, 0.3) is 0 Å². The van der Waals surface area contributed by atoms with E-state index in [1.807, 2.05) is 0 Å². The highest BCUT2D eigenvalue weighted by Gasteiger charge is 2.42. The Kier molecular flexibility index (Phi) is 5.32. The third-order valence-electron chi connectivity index (χ3n) is 2.60. The van der Waals surface area contributed by atoms with Gasteiger partial charge in [0.15, 0.2) is 5.40 Å². The van der Waals surface area contributed by atoms with Crippen molar-refractivity contribution >= 4 is 26.8 Å². The molecule has 4 N–H and O–H groups in total. The van der Waals surface area contributed by atoms with E-state index in [2.05, 4.69) is 4.98 Å². The molecule has 114 valence electrons. The summed E-state index contributed by atoms with van der Waals surface area (Å²) >= 11 is 5.59. The summed E-state index contributed by atoms with van der Waals surface area (Å²) in [6.45, 7) is 0. The Morgan fingerprint density at radius 1 is 1.30 bits per heavy atom. The van der Waals surface area contributed by atoms with Crippen molar-refractivity contribution in [3.05, 3.63) is 27.4 Å². The summed E-state index contributed by atoms with van der Waals surface area (Å²) in [5, 5.41) is -2.24. The molecule has 0 fully saturated rings. The number of aryl methyl sites for hydroxylation is 1. The molecule has 0 aromatic carbocycles. The lowest BCUT2D eigenvalue weighted by Gasteiger charge is -2.19. The van der Waals surface area contributed by atoms with Gasteiger partial charge in [0.1, 0.15) is 11.0 Å². The topological polar surface area (TPSA) is 150 Å². The first-order chi connectivity index (χ1) is 8.93. The van der Waals surface area contributed by atoms with Gasteiger partial charge in [0.25, 0.3) is 5.56 Å². The summed E-state index contributed by atoms with van der Waals surface area (Å²) in [6.07, 6.45) is -0.748. The molecule has 12 heteroatoms. The van der Waals surface area contributed by atoms with Crippen LogP contribution in [0, 0.1) is 0 Å². The molecule has 0 bridgehead atoms. The predicted octanol–water partition coefficient (Wildman–Crippen LogP) is 0.0478. The highest BCUT2D eigenvalue weighted by molar-refractivity contribution is 7.70.